The molecule has 0 aliphatic heterocycles. The maximum absolute atomic E-state index is 12.8. The molecule has 3 N–H and O–H groups in total. The summed E-state index contributed by atoms with van der Waals surface area (Å²) in [5, 5.41) is 41.0. The minimum atomic E-state index is -4.00. The zero-order chi connectivity index (χ0) is 32.9. The van der Waals surface area contributed by atoms with E-state index in [9.17, 15) is 34.3 Å². The van der Waals surface area contributed by atoms with Gasteiger partial charge in [0.2, 0.25) is 0 Å². The Kier molecular flexibility index (Phi) is 13.7. The lowest BCUT2D eigenvalue weighted by atomic mass is 9.98. The van der Waals surface area contributed by atoms with Crippen LogP contribution >= 0.6 is 15.9 Å². The van der Waals surface area contributed by atoms with E-state index >= 15 is 0 Å². The van der Waals surface area contributed by atoms with Crippen molar-refractivity contribution in [3.05, 3.63) is 121 Å². The van der Waals surface area contributed by atoms with Crippen molar-refractivity contribution in [3.8, 4) is 11.8 Å². The van der Waals surface area contributed by atoms with E-state index in [0.29, 0.717) is 5.56 Å². The normalized spacial score (nSPS) is 11.6. The Labute approximate surface area is 266 Å². The van der Waals surface area contributed by atoms with Gasteiger partial charge in [-0.05, 0) is 81.8 Å². The number of nitro groups is 1. The number of hydrogen-bond acceptors (Lipinski definition) is 6. The van der Waals surface area contributed by atoms with Crippen LogP contribution in [0.1, 0.15) is 37.5 Å². The molecule has 0 spiro atoms. The first kappa shape index (κ1) is 35.7. The molecule has 0 radical (unpaired) electrons. The van der Waals surface area contributed by atoms with Crippen LogP contribution in [0.15, 0.2) is 93.8 Å². The summed E-state index contributed by atoms with van der Waals surface area (Å²) in [5.74, 6) is 1.31. The molecule has 0 aliphatic carbocycles. The number of aromatic hydroxyl groups is 1. The first-order chi connectivity index (χ1) is 20.9. The molecular weight excluding hydrogens is 646 g/mol. The van der Waals surface area contributed by atoms with Crippen molar-refractivity contribution >= 4 is 48.8 Å². The van der Waals surface area contributed by atoms with Gasteiger partial charge in [0, 0.05) is 21.8 Å². The van der Waals surface area contributed by atoms with Gasteiger partial charge in [0.25, 0.3) is 15.7 Å². The third-order valence-electron chi connectivity index (χ3n) is 6.61. The molecule has 3 aromatic carbocycles. The summed E-state index contributed by atoms with van der Waals surface area (Å²) in [6.07, 6.45) is 2.27. The average molecular weight is 681 g/mol. The van der Waals surface area contributed by atoms with Gasteiger partial charge in [0.05, 0.1) is 40.6 Å². The van der Waals surface area contributed by atoms with Crippen LogP contribution in [0.4, 0.5) is 5.69 Å². The number of quaternary nitrogens is 1. The van der Waals surface area contributed by atoms with E-state index in [1.165, 1.54) is 43.9 Å². The van der Waals surface area contributed by atoms with Crippen LogP contribution in [0.2, 0.25) is 0 Å². The molecule has 0 bridgehead atoms. The van der Waals surface area contributed by atoms with Crippen LogP contribution in [0.3, 0.4) is 0 Å². The first-order valence-corrected chi connectivity index (χ1v) is 15.9. The predicted molar refractivity (Wildman–Crippen MR) is 177 cm³/mol. The van der Waals surface area contributed by atoms with E-state index in [0.717, 1.165) is 28.2 Å². The Morgan fingerprint density at radius 3 is 2.11 bits per heavy atom. The van der Waals surface area contributed by atoms with Gasteiger partial charge < -0.3 is 15.4 Å². The van der Waals surface area contributed by atoms with E-state index in [4.69, 9.17) is 0 Å². The fourth-order valence-electron chi connectivity index (χ4n) is 4.00. The van der Waals surface area contributed by atoms with E-state index in [1.807, 2.05) is 6.92 Å². The van der Waals surface area contributed by atoms with Gasteiger partial charge in [-0.1, -0.05) is 45.8 Å². The largest absolute Gasteiger partial charge is 0.762 e. The number of allylic oxidation sites excluding steroid dienone is 4. The van der Waals surface area contributed by atoms with E-state index in [2.05, 4.69) is 41.4 Å². The fraction of sp³-hybridized carbons (Fsp3) is 0.219. The Bertz CT molecular complexity index is 1710. The summed E-state index contributed by atoms with van der Waals surface area (Å²) >= 11 is 3.30. The van der Waals surface area contributed by atoms with Crippen molar-refractivity contribution in [1.29, 1.82) is 5.26 Å². The van der Waals surface area contributed by atoms with E-state index in [1.54, 1.807) is 53.2 Å². The zero-order valence-electron chi connectivity index (χ0n) is 24.8. The van der Waals surface area contributed by atoms with Crippen LogP contribution in [-0.2, 0) is 10.0 Å². The third kappa shape index (κ3) is 10.0. The molecule has 0 aromatic heterocycles. The monoisotopic (exact) mass is 679 g/mol. The minimum absolute atomic E-state index is 0.00378. The second-order valence-corrected chi connectivity index (χ2v) is 12.1. The smallest absolute Gasteiger partial charge is 0.280 e. The maximum atomic E-state index is 12.8. The number of aryl methyl sites for hydroxylation is 1. The molecular formula is C32H34BrN5O5S. The molecule has 12 heteroatoms. The number of halogens is 1. The molecule has 0 saturated heterocycles. The fourth-order valence-corrected chi connectivity index (χ4v) is 5.31. The highest BCUT2D eigenvalue weighted by atomic mass is 79.9. The van der Waals surface area contributed by atoms with Crippen molar-refractivity contribution in [3.63, 3.8) is 0 Å². The quantitative estimate of drug-likeness (QED) is 0.0598. The number of benzene rings is 3. The molecule has 3 aromatic rings. The van der Waals surface area contributed by atoms with Crippen LogP contribution < -0.4 is 9.62 Å². The first-order valence-electron chi connectivity index (χ1n) is 13.7. The van der Waals surface area contributed by atoms with Gasteiger partial charge in [-0.2, -0.15) is 5.26 Å². The van der Waals surface area contributed by atoms with Crippen molar-refractivity contribution in [2.75, 3.05) is 24.4 Å². The Morgan fingerprint density at radius 1 is 1.05 bits per heavy atom. The van der Waals surface area contributed by atoms with Gasteiger partial charge >= 0.3 is 0 Å². The highest BCUT2D eigenvalue weighted by Crippen LogP contribution is 2.31. The number of rotatable bonds is 11. The standard InChI is InChI=1S/C26H18BrN4O5S.C6H15N/c1-17-2-9-22(10-3-17)37(35,36)30-21-8-13-26(32)24(14-21)25(31(33)34)12-11-23(19(15-28)16-29)18-4-6-20(27)7-5-18;1-4-7(5-2)6-3/h2-14,30,32H,1H3;4-6H2,1-3H3/q-1;/p+1/b23-11-,25-12?;. The number of nitrogens with one attached hydrogen (secondary N) is 2. The summed E-state index contributed by atoms with van der Waals surface area (Å²) in [6, 6.07) is 18.0. The molecule has 0 unspecified atom stereocenters. The topological polar surface area (TPSA) is 160 Å². The molecule has 10 nitrogen and oxygen atoms in total. The molecule has 3 rings (SSSR count). The van der Waals surface area contributed by atoms with E-state index in [-0.39, 0.29) is 27.3 Å². The van der Waals surface area contributed by atoms with Gasteiger partial charge in [-0.25, -0.2) is 14.3 Å². The number of nitrogens with zero attached hydrogens (tertiary/aromatic N) is 3. The zero-order valence-corrected chi connectivity index (χ0v) is 27.2. The van der Waals surface area contributed by atoms with E-state index < -0.39 is 26.4 Å². The van der Waals surface area contributed by atoms with Crippen molar-refractivity contribution in [2.24, 2.45) is 0 Å². The molecule has 0 amide bonds. The molecule has 44 heavy (non-hydrogen) atoms. The molecule has 0 atom stereocenters. The summed E-state index contributed by atoms with van der Waals surface area (Å²) in [5.41, 5.74) is 0.325. The summed E-state index contributed by atoms with van der Waals surface area (Å²) in [4.78, 5) is 12.8. The average Bonchev–Trinajstić information content (AvgIpc) is 3.00. The van der Waals surface area contributed by atoms with Crippen LogP contribution in [0.5, 0.6) is 5.75 Å². The van der Waals surface area contributed by atoms with Crippen molar-refractivity contribution in [1.82, 2.24) is 0 Å². The van der Waals surface area contributed by atoms with Crippen molar-refractivity contribution < 1.29 is 23.3 Å². The number of anilines is 1. The second kappa shape index (κ2) is 16.9. The summed E-state index contributed by atoms with van der Waals surface area (Å²) in [6.45, 7) is 12.3. The van der Waals surface area contributed by atoms with Gasteiger partial charge in [-0.3, -0.25) is 14.8 Å². The second-order valence-electron chi connectivity index (χ2n) is 9.46. The third-order valence-corrected chi connectivity index (χ3v) is 8.53. The van der Waals surface area contributed by atoms with Crippen LogP contribution in [0.25, 0.3) is 16.7 Å². The number of phenols is 1. The van der Waals surface area contributed by atoms with Crippen molar-refractivity contribution in [2.45, 2.75) is 32.6 Å². The molecule has 0 aliphatic rings. The predicted octanol–water partition coefficient (Wildman–Crippen LogP) is 5.59. The number of phenolic OH excluding ortho intramolecular Hbond substituents is 1. The Balaban J connectivity index is 0.000000860. The molecule has 230 valence electrons. The maximum Gasteiger partial charge on any atom is 0.280 e. The lowest BCUT2D eigenvalue weighted by Crippen LogP contribution is -3.11. The minimum Gasteiger partial charge on any atom is -0.762 e. The Morgan fingerprint density at radius 2 is 1.64 bits per heavy atom. The SMILES string of the molecule is CC[NH+](CC)CC.Cc1ccc(S(=O)(=O)Nc2ccc(O)c(C(=C/C=C(\C(=C=[N-])C#N)c3ccc(Br)cc3)[N+](=O)[O-])c2)cc1. The highest BCUT2D eigenvalue weighted by Gasteiger charge is 2.21. The van der Waals surface area contributed by atoms with Crippen LogP contribution in [-0.4, -0.2) is 44.0 Å². The van der Waals surface area contributed by atoms with Gasteiger partial charge in [0.15, 0.2) is 0 Å². The molecule has 0 fully saturated rings. The number of sulfonamides is 1. The number of nitriles is 1. The molecule has 0 heterocycles. The lowest BCUT2D eigenvalue weighted by molar-refractivity contribution is -0.894. The Hall–Kier alpha value is -4.53. The van der Waals surface area contributed by atoms with Gasteiger partial charge in [0.1, 0.15) is 11.8 Å². The summed E-state index contributed by atoms with van der Waals surface area (Å²) < 4.78 is 28.6. The van der Waals surface area contributed by atoms with Gasteiger partial charge in [-0.15, -0.1) is 0 Å². The number of hydrogen-bond donors (Lipinski definition) is 3. The molecule has 0 saturated carbocycles. The lowest BCUT2D eigenvalue weighted by Gasteiger charge is -2.10. The summed E-state index contributed by atoms with van der Waals surface area (Å²) in [7, 11) is -4.00. The van der Waals surface area contributed by atoms with Crippen LogP contribution in [0, 0.1) is 28.4 Å². The highest BCUT2D eigenvalue weighted by molar-refractivity contribution is 9.10.